The van der Waals surface area contributed by atoms with Crippen LogP contribution >= 0.6 is 0 Å². The van der Waals surface area contributed by atoms with Gasteiger partial charge in [-0.05, 0) is 50.7 Å². The topological polar surface area (TPSA) is 119 Å². The maximum atomic E-state index is 12.9. The Morgan fingerprint density at radius 1 is 1.25 bits per heavy atom. The SMILES string of the molecule is Cc1nc(/C(N)=C(\CNC(=O)NCC2CC(F)(F)C2)N(C)N)ccc1OC1CCCCC1. The average molecular weight is 453 g/mol. The number of pyridine rings is 1. The van der Waals surface area contributed by atoms with Crippen LogP contribution in [0.4, 0.5) is 13.6 Å². The molecule has 3 rings (SSSR count). The molecule has 32 heavy (non-hydrogen) atoms. The number of ether oxygens (including phenoxy) is 1. The number of hydrogen-bond donors (Lipinski definition) is 4. The molecule has 2 amide bonds. The number of urea groups is 1. The van der Waals surface area contributed by atoms with E-state index in [1.54, 1.807) is 13.1 Å². The van der Waals surface area contributed by atoms with Crippen molar-refractivity contribution in [2.24, 2.45) is 17.5 Å². The van der Waals surface area contributed by atoms with Crippen molar-refractivity contribution in [3.05, 3.63) is 29.2 Å². The summed E-state index contributed by atoms with van der Waals surface area (Å²) in [5.74, 6) is 3.87. The highest BCUT2D eigenvalue weighted by molar-refractivity contribution is 5.75. The Balaban J connectivity index is 1.58. The van der Waals surface area contributed by atoms with Crippen LogP contribution in [0.3, 0.4) is 0 Å². The molecular weight excluding hydrogens is 418 g/mol. The zero-order chi connectivity index (χ0) is 23.3. The second-order valence-electron chi connectivity index (χ2n) is 8.82. The Kier molecular flexibility index (Phi) is 7.76. The molecular formula is C22H34F2N6O2. The first-order chi connectivity index (χ1) is 15.1. The largest absolute Gasteiger partial charge is 0.489 e. The van der Waals surface area contributed by atoms with Gasteiger partial charge in [-0.25, -0.2) is 24.4 Å². The molecule has 0 spiro atoms. The second kappa shape index (κ2) is 10.3. The molecule has 0 bridgehead atoms. The molecule has 0 aliphatic heterocycles. The van der Waals surface area contributed by atoms with E-state index in [0.29, 0.717) is 17.1 Å². The van der Waals surface area contributed by atoms with E-state index in [1.165, 1.54) is 24.3 Å². The number of alkyl halides is 2. The van der Waals surface area contributed by atoms with Gasteiger partial charge in [0.15, 0.2) is 0 Å². The van der Waals surface area contributed by atoms with Gasteiger partial charge in [0.1, 0.15) is 5.75 Å². The van der Waals surface area contributed by atoms with E-state index in [4.69, 9.17) is 16.3 Å². The highest BCUT2D eigenvalue weighted by Crippen LogP contribution is 2.41. The van der Waals surface area contributed by atoms with E-state index in [2.05, 4.69) is 15.6 Å². The molecule has 1 heterocycles. The molecule has 2 aliphatic rings. The highest BCUT2D eigenvalue weighted by atomic mass is 19.3. The molecule has 0 aromatic carbocycles. The molecule has 10 heteroatoms. The number of likely N-dealkylation sites (N-methyl/N-ethyl adjacent to an activating group) is 1. The fourth-order valence-corrected chi connectivity index (χ4v) is 4.14. The van der Waals surface area contributed by atoms with Crippen LogP contribution in [0.1, 0.15) is 56.3 Å². The summed E-state index contributed by atoms with van der Waals surface area (Å²) in [4.78, 5) is 16.6. The monoisotopic (exact) mass is 452 g/mol. The van der Waals surface area contributed by atoms with E-state index in [-0.39, 0.29) is 38.0 Å². The molecule has 0 saturated heterocycles. The van der Waals surface area contributed by atoms with Crippen molar-refractivity contribution >= 4 is 11.7 Å². The van der Waals surface area contributed by atoms with E-state index >= 15 is 0 Å². The van der Waals surface area contributed by atoms with Gasteiger partial charge in [0, 0.05) is 26.4 Å². The second-order valence-corrected chi connectivity index (χ2v) is 8.82. The third-order valence-corrected chi connectivity index (χ3v) is 6.04. The molecule has 2 fully saturated rings. The number of hydrogen-bond acceptors (Lipinski definition) is 6. The summed E-state index contributed by atoms with van der Waals surface area (Å²) in [6.07, 6.45) is 5.59. The van der Waals surface area contributed by atoms with E-state index in [1.807, 2.05) is 13.0 Å². The molecule has 2 aliphatic carbocycles. The minimum atomic E-state index is -2.60. The Bertz CT molecular complexity index is 832. The summed E-state index contributed by atoms with van der Waals surface area (Å²) >= 11 is 0. The van der Waals surface area contributed by atoms with Crippen LogP contribution in [-0.2, 0) is 0 Å². The first kappa shape index (κ1) is 24.0. The summed E-state index contributed by atoms with van der Waals surface area (Å²) in [6, 6.07) is 3.18. The van der Waals surface area contributed by atoms with Crippen LogP contribution in [0.5, 0.6) is 5.75 Å². The van der Waals surface area contributed by atoms with Gasteiger partial charge >= 0.3 is 6.03 Å². The minimum absolute atomic E-state index is 0.0620. The van der Waals surface area contributed by atoms with Gasteiger partial charge in [0.05, 0.1) is 35.4 Å². The number of halogens is 2. The number of aryl methyl sites for hydroxylation is 1. The molecule has 0 unspecified atom stereocenters. The van der Waals surface area contributed by atoms with Gasteiger partial charge in [-0.3, -0.25) is 0 Å². The zero-order valence-corrected chi connectivity index (χ0v) is 18.8. The van der Waals surface area contributed by atoms with Crippen molar-refractivity contribution in [3.63, 3.8) is 0 Å². The van der Waals surface area contributed by atoms with Crippen LogP contribution in [0, 0.1) is 12.8 Å². The van der Waals surface area contributed by atoms with Crippen molar-refractivity contribution < 1.29 is 18.3 Å². The molecule has 1 aromatic rings. The fraction of sp³-hybridized carbons (Fsp3) is 0.636. The number of rotatable bonds is 8. The number of aromatic nitrogens is 1. The maximum absolute atomic E-state index is 12.9. The minimum Gasteiger partial charge on any atom is -0.489 e. The maximum Gasteiger partial charge on any atom is 0.315 e. The fourth-order valence-electron chi connectivity index (χ4n) is 4.14. The lowest BCUT2D eigenvalue weighted by molar-refractivity contribution is -0.108. The normalized spacial score (nSPS) is 19.5. The predicted molar refractivity (Wildman–Crippen MR) is 119 cm³/mol. The Morgan fingerprint density at radius 3 is 2.53 bits per heavy atom. The Labute approximate surface area is 187 Å². The third-order valence-electron chi connectivity index (χ3n) is 6.04. The zero-order valence-electron chi connectivity index (χ0n) is 18.8. The number of nitrogens with two attached hydrogens (primary N) is 2. The Morgan fingerprint density at radius 2 is 1.94 bits per heavy atom. The molecule has 0 atom stereocenters. The van der Waals surface area contributed by atoms with Gasteiger partial charge in [-0.2, -0.15) is 0 Å². The quantitative estimate of drug-likeness (QED) is 0.356. The van der Waals surface area contributed by atoms with Crippen LogP contribution in [0.25, 0.3) is 5.70 Å². The molecule has 178 valence electrons. The van der Waals surface area contributed by atoms with Crippen molar-refractivity contribution in [2.75, 3.05) is 20.1 Å². The lowest BCUT2D eigenvalue weighted by Crippen LogP contribution is -2.46. The number of carbonyl (C=O) groups is 1. The number of amides is 2. The van der Waals surface area contributed by atoms with Crippen molar-refractivity contribution in [3.8, 4) is 5.75 Å². The van der Waals surface area contributed by atoms with Crippen molar-refractivity contribution in [1.29, 1.82) is 0 Å². The smallest absolute Gasteiger partial charge is 0.315 e. The third kappa shape index (κ3) is 6.44. The van der Waals surface area contributed by atoms with Gasteiger partial charge < -0.3 is 26.1 Å². The molecule has 0 radical (unpaired) electrons. The number of carbonyl (C=O) groups excluding carboxylic acids is 1. The first-order valence-electron chi connectivity index (χ1n) is 11.2. The molecule has 6 N–H and O–H groups in total. The molecule has 1 aromatic heterocycles. The van der Waals surface area contributed by atoms with E-state index < -0.39 is 12.0 Å². The summed E-state index contributed by atoms with van der Waals surface area (Å²) in [6.45, 7) is 2.14. The molecule has 2 saturated carbocycles. The standard InChI is InChI=1S/C22H34F2N6O2/c1-14-19(32-16-6-4-3-5-7-16)9-8-17(29-14)20(25)18(30(2)26)13-28-21(31)27-12-15-10-22(23,24)11-15/h8-9,15-16H,3-7,10-13,25-26H2,1-2H3,(H2,27,28,31)/b20-18-. The van der Waals surface area contributed by atoms with Gasteiger partial charge in [-0.15, -0.1) is 0 Å². The Hall–Kier alpha value is -2.62. The summed E-state index contributed by atoms with van der Waals surface area (Å²) < 4.78 is 31.9. The van der Waals surface area contributed by atoms with Crippen LogP contribution < -0.4 is 26.9 Å². The number of nitrogens with zero attached hydrogens (tertiary/aromatic N) is 2. The number of nitrogens with one attached hydrogen (secondary N) is 2. The summed E-state index contributed by atoms with van der Waals surface area (Å²) in [7, 11) is 1.62. The number of hydrazine groups is 1. The predicted octanol–water partition coefficient (Wildman–Crippen LogP) is 2.88. The van der Waals surface area contributed by atoms with Crippen molar-refractivity contribution in [2.45, 2.75) is 63.9 Å². The van der Waals surface area contributed by atoms with Crippen LogP contribution in [0.15, 0.2) is 17.8 Å². The first-order valence-corrected chi connectivity index (χ1v) is 11.2. The molecule has 8 nitrogen and oxygen atoms in total. The lowest BCUT2D eigenvalue weighted by Gasteiger charge is -2.34. The van der Waals surface area contributed by atoms with Gasteiger partial charge in [0.2, 0.25) is 5.92 Å². The van der Waals surface area contributed by atoms with Crippen LogP contribution in [-0.4, -0.2) is 48.2 Å². The lowest BCUT2D eigenvalue weighted by atomic mass is 9.81. The van der Waals surface area contributed by atoms with Crippen LogP contribution in [0.2, 0.25) is 0 Å². The average Bonchev–Trinajstić information content (AvgIpc) is 2.72. The van der Waals surface area contributed by atoms with E-state index in [0.717, 1.165) is 24.3 Å². The summed E-state index contributed by atoms with van der Waals surface area (Å²) in [5, 5.41) is 6.61. The summed E-state index contributed by atoms with van der Waals surface area (Å²) in [5.41, 5.74) is 8.39. The van der Waals surface area contributed by atoms with Gasteiger partial charge in [-0.1, -0.05) is 6.42 Å². The van der Waals surface area contributed by atoms with Crippen molar-refractivity contribution in [1.82, 2.24) is 20.6 Å². The van der Waals surface area contributed by atoms with E-state index in [9.17, 15) is 13.6 Å². The van der Waals surface area contributed by atoms with Gasteiger partial charge in [0.25, 0.3) is 0 Å². The highest BCUT2D eigenvalue weighted by Gasteiger charge is 2.45.